The standard InChI is InChI=1S/C17H19F2NO5/c1-4-9-20-16(22)11(2)24-15(21)8-6-12-5-7-13(25-17(18)19)14(10-12)23-3/h4-8,10-11,17H,1,9H2,2-3H3,(H,20,22)/b8-6+. The topological polar surface area (TPSA) is 73.9 Å². The second-order valence-electron chi connectivity index (χ2n) is 4.74. The maximum Gasteiger partial charge on any atom is 0.387 e. The minimum Gasteiger partial charge on any atom is -0.493 e. The van der Waals surface area contributed by atoms with Gasteiger partial charge in [0, 0.05) is 12.6 Å². The Bertz CT molecular complexity index is 646. The van der Waals surface area contributed by atoms with Gasteiger partial charge in [0.25, 0.3) is 5.91 Å². The third kappa shape index (κ3) is 7.03. The summed E-state index contributed by atoms with van der Waals surface area (Å²) < 4.78 is 38.7. The van der Waals surface area contributed by atoms with E-state index in [-0.39, 0.29) is 18.0 Å². The van der Waals surface area contributed by atoms with Gasteiger partial charge in [0.05, 0.1) is 7.11 Å². The van der Waals surface area contributed by atoms with Crippen LogP contribution in [0.2, 0.25) is 0 Å². The lowest BCUT2D eigenvalue weighted by Gasteiger charge is -2.11. The van der Waals surface area contributed by atoms with Gasteiger partial charge in [0.1, 0.15) is 0 Å². The summed E-state index contributed by atoms with van der Waals surface area (Å²) in [5, 5.41) is 2.50. The van der Waals surface area contributed by atoms with Crippen LogP contribution >= 0.6 is 0 Å². The average molecular weight is 355 g/mol. The zero-order valence-corrected chi connectivity index (χ0v) is 13.8. The molecule has 6 nitrogen and oxygen atoms in total. The first-order chi connectivity index (χ1) is 11.9. The van der Waals surface area contributed by atoms with E-state index in [2.05, 4.69) is 16.6 Å². The molecule has 0 aliphatic heterocycles. The number of halogens is 2. The Labute approximate surface area is 144 Å². The van der Waals surface area contributed by atoms with Crippen molar-refractivity contribution < 1.29 is 32.6 Å². The maximum atomic E-state index is 12.3. The Morgan fingerprint density at radius 1 is 1.32 bits per heavy atom. The van der Waals surface area contributed by atoms with Gasteiger partial charge in [0.2, 0.25) is 0 Å². The Hall–Kier alpha value is -2.90. The van der Waals surface area contributed by atoms with Gasteiger partial charge in [-0.05, 0) is 30.7 Å². The summed E-state index contributed by atoms with van der Waals surface area (Å²) in [7, 11) is 1.30. The maximum absolute atomic E-state index is 12.3. The van der Waals surface area contributed by atoms with Crippen molar-refractivity contribution in [3.8, 4) is 11.5 Å². The molecule has 0 fully saturated rings. The van der Waals surface area contributed by atoms with Crippen LogP contribution < -0.4 is 14.8 Å². The number of hydrogen-bond acceptors (Lipinski definition) is 5. The summed E-state index contributed by atoms with van der Waals surface area (Å²) in [5.41, 5.74) is 0.499. The number of amides is 1. The first-order valence-corrected chi connectivity index (χ1v) is 7.27. The van der Waals surface area contributed by atoms with Crippen molar-refractivity contribution in [1.29, 1.82) is 0 Å². The Morgan fingerprint density at radius 2 is 2.04 bits per heavy atom. The highest BCUT2D eigenvalue weighted by Crippen LogP contribution is 2.29. The number of esters is 1. The second kappa shape index (κ2) is 10.1. The first-order valence-electron chi connectivity index (χ1n) is 7.27. The fraction of sp³-hybridized carbons (Fsp3) is 0.294. The van der Waals surface area contributed by atoms with Crippen LogP contribution in [0.3, 0.4) is 0 Å². The highest BCUT2D eigenvalue weighted by Gasteiger charge is 2.15. The zero-order chi connectivity index (χ0) is 18.8. The number of alkyl halides is 2. The molecule has 136 valence electrons. The molecule has 1 aromatic rings. The molecule has 0 heterocycles. The van der Waals surface area contributed by atoms with Crippen LogP contribution in [0.15, 0.2) is 36.9 Å². The van der Waals surface area contributed by atoms with Crippen molar-refractivity contribution >= 4 is 18.0 Å². The minimum absolute atomic E-state index is 0.0907. The van der Waals surface area contributed by atoms with E-state index in [1.165, 1.54) is 44.4 Å². The summed E-state index contributed by atoms with van der Waals surface area (Å²) in [5.74, 6) is -1.21. The lowest BCUT2D eigenvalue weighted by molar-refractivity contribution is -0.150. The van der Waals surface area contributed by atoms with Gasteiger partial charge in [-0.3, -0.25) is 4.79 Å². The number of benzene rings is 1. The number of ether oxygens (including phenoxy) is 3. The first kappa shape index (κ1) is 20.1. The Balaban J connectivity index is 2.69. The molecule has 1 atom stereocenters. The van der Waals surface area contributed by atoms with Crippen LogP contribution in [-0.4, -0.2) is 38.2 Å². The van der Waals surface area contributed by atoms with Crippen LogP contribution in [0.4, 0.5) is 8.78 Å². The number of nitrogens with one attached hydrogen (secondary N) is 1. The average Bonchev–Trinajstić information content (AvgIpc) is 2.58. The molecule has 1 rings (SSSR count). The van der Waals surface area contributed by atoms with Gasteiger partial charge in [-0.2, -0.15) is 8.78 Å². The Morgan fingerprint density at radius 3 is 2.64 bits per heavy atom. The number of carbonyl (C=O) groups excluding carboxylic acids is 2. The summed E-state index contributed by atoms with van der Waals surface area (Å²) >= 11 is 0. The molecule has 0 spiro atoms. The van der Waals surface area contributed by atoms with Gasteiger partial charge >= 0.3 is 12.6 Å². The quantitative estimate of drug-likeness (QED) is 0.419. The normalized spacial score (nSPS) is 11.9. The van der Waals surface area contributed by atoms with E-state index in [1.807, 2.05) is 0 Å². The van der Waals surface area contributed by atoms with E-state index in [0.29, 0.717) is 5.56 Å². The van der Waals surface area contributed by atoms with E-state index in [9.17, 15) is 18.4 Å². The van der Waals surface area contributed by atoms with Crippen molar-refractivity contribution in [2.45, 2.75) is 19.6 Å². The Kier molecular flexibility index (Phi) is 8.11. The van der Waals surface area contributed by atoms with Crippen molar-refractivity contribution in [3.63, 3.8) is 0 Å². The molecule has 1 amide bonds. The lowest BCUT2D eigenvalue weighted by atomic mass is 10.2. The van der Waals surface area contributed by atoms with Crippen LogP contribution in [0, 0.1) is 0 Å². The van der Waals surface area contributed by atoms with Gasteiger partial charge in [-0.25, -0.2) is 4.79 Å². The van der Waals surface area contributed by atoms with Crippen LogP contribution in [0.25, 0.3) is 6.08 Å². The third-order valence-electron chi connectivity index (χ3n) is 2.90. The van der Waals surface area contributed by atoms with Crippen molar-refractivity contribution in [2.75, 3.05) is 13.7 Å². The van der Waals surface area contributed by atoms with Gasteiger partial charge in [-0.1, -0.05) is 12.1 Å². The van der Waals surface area contributed by atoms with Gasteiger partial charge < -0.3 is 19.5 Å². The molecule has 8 heteroatoms. The van der Waals surface area contributed by atoms with E-state index in [4.69, 9.17) is 9.47 Å². The monoisotopic (exact) mass is 355 g/mol. The highest BCUT2D eigenvalue weighted by atomic mass is 19.3. The fourth-order valence-corrected chi connectivity index (χ4v) is 1.73. The molecule has 0 bridgehead atoms. The molecular weight excluding hydrogens is 336 g/mol. The zero-order valence-electron chi connectivity index (χ0n) is 13.8. The molecule has 1 N–H and O–H groups in total. The van der Waals surface area contributed by atoms with Crippen LogP contribution in [0.1, 0.15) is 12.5 Å². The van der Waals surface area contributed by atoms with Crippen molar-refractivity contribution in [1.82, 2.24) is 5.32 Å². The van der Waals surface area contributed by atoms with E-state index in [1.54, 1.807) is 0 Å². The molecule has 0 aromatic heterocycles. The smallest absolute Gasteiger partial charge is 0.387 e. The summed E-state index contributed by atoms with van der Waals surface area (Å²) in [6.07, 6.45) is 3.04. The van der Waals surface area contributed by atoms with E-state index in [0.717, 1.165) is 6.08 Å². The van der Waals surface area contributed by atoms with E-state index >= 15 is 0 Å². The summed E-state index contributed by atoms with van der Waals surface area (Å²) in [6, 6.07) is 4.17. The SMILES string of the molecule is C=CCNC(=O)C(C)OC(=O)/C=C/c1ccc(OC(F)F)c(OC)c1. The predicted octanol–water partition coefficient (Wildman–Crippen LogP) is 2.54. The molecule has 0 saturated heterocycles. The molecule has 0 aliphatic rings. The molecule has 25 heavy (non-hydrogen) atoms. The second-order valence-corrected chi connectivity index (χ2v) is 4.74. The molecule has 0 aliphatic carbocycles. The summed E-state index contributed by atoms with van der Waals surface area (Å²) in [6.45, 7) is 2.19. The summed E-state index contributed by atoms with van der Waals surface area (Å²) in [4.78, 5) is 23.3. The fourth-order valence-electron chi connectivity index (χ4n) is 1.73. The molecule has 0 radical (unpaired) electrons. The predicted molar refractivity (Wildman–Crippen MR) is 87.4 cm³/mol. The third-order valence-corrected chi connectivity index (χ3v) is 2.90. The molecule has 1 unspecified atom stereocenters. The molecular formula is C17H19F2NO5. The van der Waals surface area contributed by atoms with Crippen molar-refractivity contribution in [2.24, 2.45) is 0 Å². The van der Waals surface area contributed by atoms with E-state index < -0.39 is 24.6 Å². The molecule has 1 aromatic carbocycles. The van der Waals surface area contributed by atoms with Gasteiger partial charge in [0.15, 0.2) is 17.6 Å². The largest absolute Gasteiger partial charge is 0.493 e. The number of carbonyl (C=O) groups is 2. The lowest BCUT2D eigenvalue weighted by Crippen LogP contribution is -2.35. The van der Waals surface area contributed by atoms with Crippen LogP contribution in [0.5, 0.6) is 11.5 Å². The van der Waals surface area contributed by atoms with Crippen molar-refractivity contribution in [3.05, 3.63) is 42.5 Å². The molecule has 0 saturated carbocycles. The number of methoxy groups -OCH3 is 1. The highest BCUT2D eigenvalue weighted by molar-refractivity contribution is 5.90. The van der Waals surface area contributed by atoms with Crippen LogP contribution in [-0.2, 0) is 14.3 Å². The minimum atomic E-state index is -2.97. The number of hydrogen-bond donors (Lipinski definition) is 1. The van der Waals surface area contributed by atoms with Gasteiger partial charge in [-0.15, -0.1) is 6.58 Å². The number of rotatable bonds is 9.